The monoisotopic (exact) mass is 375 g/mol. The summed E-state index contributed by atoms with van der Waals surface area (Å²) in [7, 11) is 1.62. The van der Waals surface area contributed by atoms with E-state index in [2.05, 4.69) is 35.9 Å². The summed E-state index contributed by atoms with van der Waals surface area (Å²) >= 11 is 1.30. The molecule has 0 aromatic carbocycles. The number of nitriles is 1. The van der Waals surface area contributed by atoms with Crippen LogP contribution in [-0.4, -0.2) is 54.0 Å². The molecule has 1 aromatic heterocycles. The van der Waals surface area contributed by atoms with Crippen molar-refractivity contribution in [1.82, 2.24) is 20.6 Å². The number of halogens is 3. The highest BCUT2D eigenvalue weighted by Crippen LogP contribution is 2.15. The van der Waals surface area contributed by atoms with Gasteiger partial charge >= 0.3 is 6.18 Å². The Labute approximate surface area is 146 Å². The van der Waals surface area contributed by atoms with Gasteiger partial charge in [0.1, 0.15) is 12.4 Å². The minimum atomic E-state index is -4.42. The molecule has 0 fully saturated rings. The Morgan fingerprint density at radius 3 is 2.88 bits per heavy atom. The van der Waals surface area contributed by atoms with Gasteiger partial charge in [0.05, 0.1) is 0 Å². The highest BCUT2D eigenvalue weighted by molar-refractivity contribution is 7.99. The third-order valence-electron chi connectivity index (χ3n) is 2.34. The number of aromatic nitrogens is 2. The molecule has 0 unspecified atom stereocenters. The fraction of sp³-hybridized carbons (Fsp3) is 0.417. The topological polar surface area (TPSA) is 136 Å². The summed E-state index contributed by atoms with van der Waals surface area (Å²) in [5, 5.41) is 16.9. The van der Waals surface area contributed by atoms with Crippen molar-refractivity contribution in [1.29, 1.82) is 5.26 Å². The summed E-state index contributed by atoms with van der Waals surface area (Å²) in [6.07, 6.45) is -1.33. The Kier molecular flexibility index (Phi) is 8.27. The molecule has 5 N–H and O–H groups in total. The van der Waals surface area contributed by atoms with E-state index < -0.39 is 12.7 Å². The van der Waals surface area contributed by atoms with Crippen LogP contribution in [0.3, 0.4) is 0 Å². The number of nitrogens with two attached hydrogens (primary N) is 1. The molecule has 0 radical (unpaired) electrons. The molecular formula is C12H16F3N9S. The zero-order valence-electron chi connectivity index (χ0n) is 13.1. The Morgan fingerprint density at radius 2 is 2.24 bits per heavy atom. The maximum Gasteiger partial charge on any atom is 0.408 e. The molecule has 0 bridgehead atoms. The lowest BCUT2D eigenvalue weighted by atomic mass is 10.6. The van der Waals surface area contributed by atoms with E-state index >= 15 is 0 Å². The van der Waals surface area contributed by atoms with Crippen molar-refractivity contribution in [3.05, 3.63) is 12.3 Å². The molecule has 1 heterocycles. The van der Waals surface area contributed by atoms with E-state index in [1.54, 1.807) is 13.2 Å². The first-order valence-electron chi connectivity index (χ1n) is 6.82. The normalized spacial score (nSPS) is 12.4. The molecular weight excluding hydrogens is 359 g/mol. The summed E-state index contributed by atoms with van der Waals surface area (Å²) in [5.41, 5.74) is 5.38. The van der Waals surface area contributed by atoms with Crippen LogP contribution in [-0.2, 0) is 0 Å². The molecule has 0 saturated heterocycles. The lowest BCUT2D eigenvalue weighted by Crippen LogP contribution is -2.35. The Balaban J connectivity index is 2.50. The smallest absolute Gasteiger partial charge is 0.370 e. The quantitative estimate of drug-likeness (QED) is 0.141. The Hall–Kier alpha value is -2.75. The summed E-state index contributed by atoms with van der Waals surface area (Å²) in [6, 6.07) is 1.46. The SMILES string of the molecule is CN/C(=N/C#N)NCCSc1nccc(N/C(N)=N\CC(F)(F)F)n1. The number of alkyl halides is 3. The van der Waals surface area contributed by atoms with Crippen LogP contribution < -0.4 is 21.7 Å². The average molecular weight is 375 g/mol. The lowest BCUT2D eigenvalue weighted by molar-refractivity contribution is -0.118. The van der Waals surface area contributed by atoms with Gasteiger partial charge in [0.2, 0.25) is 12.2 Å². The highest BCUT2D eigenvalue weighted by Gasteiger charge is 2.26. The number of aliphatic imine (C=N–C) groups is 2. The van der Waals surface area contributed by atoms with E-state index in [-0.39, 0.29) is 11.8 Å². The third kappa shape index (κ3) is 9.20. The second-order valence-electron chi connectivity index (χ2n) is 4.25. The maximum atomic E-state index is 12.1. The van der Waals surface area contributed by atoms with Gasteiger partial charge in [0.15, 0.2) is 11.1 Å². The molecule has 25 heavy (non-hydrogen) atoms. The molecule has 0 aliphatic carbocycles. The van der Waals surface area contributed by atoms with Gasteiger partial charge < -0.3 is 21.7 Å². The van der Waals surface area contributed by atoms with Crippen molar-refractivity contribution in [2.24, 2.45) is 15.7 Å². The van der Waals surface area contributed by atoms with E-state index in [1.807, 2.05) is 0 Å². The Morgan fingerprint density at radius 1 is 1.48 bits per heavy atom. The molecule has 0 aliphatic heterocycles. The summed E-state index contributed by atoms with van der Waals surface area (Å²) < 4.78 is 36.2. The molecule has 0 spiro atoms. The number of nitrogens with one attached hydrogen (secondary N) is 3. The first-order chi connectivity index (χ1) is 11.8. The van der Waals surface area contributed by atoms with Crippen molar-refractivity contribution in [2.75, 3.05) is 31.2 Å². The summed E-state index contributed by atoms with van der Waals surface area (Å²) in [5.74, 6) is 0.747. The zero-order chi connectivity index (χ0) is 18.7. The van der Waals surface area contributed by atoms with Crippen molar-refractivity contribution in [2.45, 2.75) is 11.3 Å². The molecule has 9 nitrogen and oxygen atoms in total. The number of hydrogen-bond donors (Lipinski definition) is 4. The molecule has 0 atom stereocenters. The van der Waals surface area contributed by atoms with Crippen molar-refractivity contribution < 1.29 is 13.2 Å². The zero-order valence-corrected chi connectivity index (χ0v) is 13.9. The second kappa shape index (κ2) is 10.2. The van der Waals surface area contributed by atoms with Crippen LogP contribution in [0.4, 0.5) is 19.0 Å². The van der Waals surface area contributed by atoms with Gasteiger partial charge in [0.25, 0.3) is 0 Å². The van der Waals surface area contributed by atoms with Gasteiger partial charge in [-0.2, -0.15) is 18.4 Å². The Bertz CT molecular complexity index is 654. The van der Waals surface area contributed by atoms with E-state index in [9.17, 15) is 13.2 Å². The van der Waals surface area contributed by atoms with Crippen LogP contribution >= 0.6 is 11.8 Å². The van der Waals surface area contributed by atoms with Gasteiger partial charge in [0, 0.05) is 25.5 Å². The fourth-order valence-electron chi connectivity index (χ4n) is 1.37. The van der Waals surface area contributed by atoms with Crippen LogP contribution in [0.25, 0.3) is 0 Å². The van der Waals surface area contributed by atoms with Crippen LogP contribution in [0.5, 0.6) is 0 Å². The van der Waals surface area contributed by atoms with E-state index in [0.29, 0.717) is 23.4 Å². The number of guanidine groups is 2. The van der Waals surface area contributed by atoms with Crippen LogP contribution in [0.15, 0.2) is 27.4 Å². The molecule has 0 saturated carbocycles. The maximum absolute atomic E-state index is 12.1. The van der Waals surface area contributed by atoms with Crippen LogP contribution in [0.1, 0.15) is 0 Å². The molecule has 0 amide bonds. The van der Waals surface area contributed by atoms with Gasteiger partial charge in [-0.1, -0.05) is 11.8 Å². The van der Waals surface area contributed by atoms with Crippen molar-refractivity contribution in [3.63, 3.8) is 0 Å². The van der Waals surface area contributed by atoms with E-state index in [0.717, 1.165) is 0 Å². The predicted molar refractivity (Wildman–Crippen MR) is 89.0 cm³/mol. The minimum absolute atomic E-state index is 0.232. The van der Waals surface area contributed by atoms with Gasteiger partial charge in [-0.15, -0.1) is 4.99 Å². The van der Waals surface area contributed by atoms with E-state index in [4.69, 9.17) is 11.0 Å². The molecule has 0 aliphatic rings. The number of hydrogen-bond acceptors (Lipinski definition) is 6. The number of thioether (sulfide) groups is 1. The van der Waals surface area contributed by atoms with Gasteiger partial charge in [-0.3, -0.25) is 0 Å². The minimum Gasteiger partial charge on any atom is -0.370 e. The fourth-order valence-corrected chi connectivity index (χ4v) is 2.06. The standard InChI is InChI=1S/C12H16F3N9S/c1-18-10(22-7-16)19-4-5-25-11-20-3-2-8(24-11)23-9(17)21-6-12(13,14)15/h2-3H,4-6H2,1H3,(H2,18,19,22)(H3,17,20,21,23,24). The van der Waals surface area contributed by atoms with Crippen molar-refractivity contribution in [3.8, 4) is 6.19 Å². The predicted octanol–water partition coefficient (Wildman–Crippen LogP) is 0.504. The number of rotatable bonds is 6. The van der Waals surface area contributed by atoms with Crippen LogP contribution in [0, 0.1) is 11.5 Å². The van der Waals surface area contributed by atoms with Gasteiger partial charge in [-0.25, -0.2) is 15.0 Å². The van der Waals surface area contributed by atoms with Crippen molar-refractivity contribution >= 4 is 29.5 Å². The molecule has 13 heteroatoms. The summed E-state index contributed by atoms with van der Waals surface area (Å²) in [6.45, 7) is -0.884. The largest absolute Gasteiger partial charge is 0.408 e. The first-order valence-corrected chi connectivity index (χ1v) is 7.80. The lowest BCUT2D eigenvalue weighted by Gasteiger charge is -2.08. The second-order valence-corrected chi connectivity index (χ2v) is 5.31. The van der Waals surface area contributed by atoms with E-state index in [1.165, 1.54) is 24.0 Å². The highest BCUT2D eigenvalue weighted by atomic mass is 32.2. The number of anilines is 1. The molecule has 136 valence electrons. The third-order valence-corrected chi connectivity index (χ3v) is 3.21. The van der Waals surface area contributed by atoms with Crippen LogP contribution in [0.2, 0.25) is 0 Å². The first kappa shape index (κ1) is 20.3. The number of nitrogens with zero attached hydrogens (tertiary/aromatic N) is 5. The molecule has 1 rings (SSSR count). The average Bonchev–Trinajstić information content (AvgIpc) is 2.55. The van der Waals surface area contributed by atoms with Gasteiger partial charge in [-0.05, 0) is 6.07 Å². The summed E-state index contributed by atoms with van der Waals surface area (Å²) in [4.78, 5) is 14.8. The molecule has 1 aromatic rings.